The molecule has 0 aromatic heterocycles. The maximum atomic E-state index is 12.3. The van der Waals surface area contributed by atoms with Crippen molar-refractivity contribution in [2.45, 2.75) is 33.1 Å². The zero-order valence-corrected chi connectivity index (χ0v) is 14.7. The Bertz CT molecular complexity index is 646. The van der Waals surface area contributed by atoms with E-state index in [1.54, 1.807) is 4.90 Å². The van der Waals surface area contributed by atoms with Crippen molar-refractivity contribution in [1.29, 1.82) is 0 Å². The van der Waals surface area contributed by atoms with Crippen LogP contribution in [0.2, 0.25) is 0 Å². The number of unbranched alkanes of at least 4 members (excludes halogenated alkanes) is 1. The smallest absolute Gasteiger partial charge is 0.346 e. The number of amides is 1. The molecule has 0 fully saturated rings. The molecule has 0 saturated carbocycles. The highest BCUT2D eigenvalue weighted by Crippen LogP contribution is 2.27. The van der Waals surface area contributed by atoms with Crippen LogP contribution in [0, 0.1) is 23.7 Å². The highest BCUT2D eigenvalue weighted by molar-refractivity contribution is 6.02. The summed E-state index contributed by atoms with van der Waals surface area (Å²) >= 11 is 0. The summed E-state index contributed by atoms with van der Waals surface area (Å²) in [5.74, 6) is 5.84. The van der Waals surface area contributed by atoms with Crippen molar-refractivity contribution >= 4 is 11.9 Å². The maximum absolute atomic E-state index is 12.3. The number of rotatable bonds is 6. The monoisotopic (exact) mass is 327 g/mol. The minimum atomic E-state index is -0.568. The van der Waals surface area contributed by atoms with Gasteiger partial charge in [-0.05, 0) is 23.8 Å². The predicted molar refractivity (Wildman–Crippen MR) is 93.9 cm³/mol. The summed E-state index contributed by atoms with van der Waals surface area (Å²) in [7, 11) is 1.28. The van der Waals surface area contributed by atoms with Gasteiger partial charge in [0.25, 0.3) is 0 Å². The van der Waals surface area contributed by atoms with Gasteiger partial charge in [-0.25, -0.2) is 4.79 Å². The van der Waals surface area contributed by atoms with E-state index in [1.165, 1.54) is 32.4 Å². The third-order valence-corrected chi connectivity index (χ3v) is 4.45. The molecule has 0 N–H and O–H groups in total. The van der Waals surface area contributed by atoms with Gasteiger partial charge in [0.15, 0.2) is 0 Å². The van der Waals surface area contributed by atoms with Gasteiger partial charge in [0, 0.05) is 12.6 Å². The van der Waals surface area contributed by atoms with E-state index >= 15 is 0 Å². The lowest BCUT2D eigenvalue weighted by Gasteiger charge is -2.25. The van der Waals surface area contributed by atoms with E-state index in [2.05, 4.69) is 48.7 Å². The molecule has 4 heteroatoms. The Labute approximate surface area is 144 Å². The second-order valence-electron chi connectivity index (χ2n) is 6.31. The molecule has 24 heavy (non-hydrogen) atoms. The minimum Gasteiger partial charge on any atom is -0.465 e. The van der Waals surface area contributed by atoms with Crippen LogP contribution in [0.4, 0.5) is 0 Å². The molecule has 2 unspecified atom stereocenters. The predicted octanol–water partition coefficient (Wildman–Crippen LogP) is 2.87. The van der Waals surface area contributed by atoms with Crippen molar-refractivity contribution in [3.05, 3.63) is 35.5 Å². The normalized spacial score (nSPS) is 23.0. The first-order valence-corrected chi connectivity index (χ1v) is 8.51. The highest BCUT2D eigenvalue weighted by Gasteiger charge is 2.21. The lowest BCUT2D eigenvalue weighted by atomic mass is 9.84. The third-order valence-electron chi connectivity index (χ3n) is 4.45. The van der Waals surface area contributed by atoms with E-state index < -0.39 is 5.97 Å². The highest BCUT2D eigenvalue weighted by atomic mass is 16.5. The SMILES string of the molecule is CCCCC1C=CC(CN2CC#CC(C(=O)OC)=CC2=O)=CC1C. The van der Waals surface area contributed by atoms with E-state index in [0.29, 0.717) is 24.9 Å². The van der Waals surface area contributed by atoms with Gasteiger partial charge in [0.2, 0.25) is 5.91 Å². The average molecular weight is 327 g/mol. The second kappa shape index (κ2) is 8.54. The van der Waals surface area contributed by atoms with Crippen LogP contribution in [0.15, 0.2) is 35.5 Å². The third kappa shape index (κ3) is 4.61. The largest absolute Gasteiger partial charge is 0.465 e. The number of allylic oxidation sites excluding steroid dienone is 2. The standard InChI is InChI=1S/C20H25NO3/c1-4-5-7-17-10-9-16(12-15(17)2)14-21-11-6-8-18(13-19(21)22)20(23)24-3/h9-10,12-13,15,17H,4-5,7,11,14H2,1-3H3. The fourth-order valence-electron chi connectivity index (χ4n) is 2.98. The summed E-state index contributed by atoms with van der Waals surface area (Å²) in [5.41, 5.74) is 1.24. The number of esters is 1. The van der Waals surface area contributed by atoms with Crippen LogP contribution >= 0.6 is 0 Å². The van der Waals surface area contributed by atoms with E-state index in [0.717, 1.165) is 5.57 Å². The number of methoxy groups -OCH3 is 1. The number of carbonyl (C=O) groups excluding carboxylic acids is 2. The van der Waals surface area contributed by atoms with Gasteiger partial charge >= 0.3 is 5.97 Å². The lowest BCUT2D eigenvalue weighted by molar-refractivity contribution is -0.136. The molecule has 1 aliphatic heterocycles. The number of carbonyl (C=O) groups is 2. The topological polar surface area (TPSA) is 46.6 Å². The van der Waals surface area contributed by atoms with Crippen LogP contribution in [0.1, 0.15) is 33.1 Å². The molecule has 128 valence electrons. The average Bonchev–Trinajstić information content (AvgIpc) is 2.75. The van der Waals surface area contributed by atoms with Crippen LogP contribution in [0.5, 0.6) is 0 Å². The van der Waals surface area contributed by atoms with Gasteiger partial charge < -0.3 is 9.64 Å². The number of nitrogens with zero attached hydrogens (tertiary/aromatic N) is 1. The van der Waals surface area contributed by atoms with E-state index in [-0.39, 0.29) is 11.5 Å². The van der Waals surface area contributed by atoms with Crippen LogP contribution < -0.4 is 0 Å². The molecule has 2 atom stereocenters. The second-order valence-corrected chi connectivity index (χ2v) is 6.31. The molecule has 0 bridgehead atoms. The summed E-state index contributed by atoms with van der Waals surface area (Å²) in [6.45, 7) is 5.26. The van der Waals surface area contributed by atoms with E-state index in [9.17, 15) is 9.59 Å². The molecule has 0 radical (unpaired) electrons. The molecule has 0 aromatic carbocycles. The fraction of sp³-hybridized carbons (Fsp3) is 0.500. The van der Waals surface area contributed by atoms with Crippen LogP contribution in [0.25, 0.3) is 0 Å². The maximum Gasteiger partial charge on any atom is 0.346 e. The molecule has 0 aromatic rings. The summed E-state index contributed by atoms with van der Waals surface area (Å²) in [5, 5.41) is 0. The first-order valence-electron chi connectivity index (χ1n) is 8.51. The molecular weight excluding hydrogens is 302 g/mol. The van der Waals surface area contributed by atoms with Gasteiger partial charge in [-0.15, -0.1) is 0 Å². The number of hydrogen-bond acceptors (Lipinski definition) is 3. The molecule has 1 aliphatic carbocycles. The molecule has 0 spiro atoms. The quantitative estimate of drug-likeness (QED) is 0.557. The first-order chi connectivity index (χ1) is 11.5. The Hall–Kier alpha value is -2.28. The summed E-state index contributed by atoms with van der Waals surface area (Å²) < 4.78 is 4.63. The summed E-state index contributed by atoms with van der Waals surface area (Å²) in [6.07, 6.45) is 11.6. The molecular formula is C20H25NO3. The van der Waals surface area contributed by atoms with E-state index in [1.807, 2.05) is 0 Å². The van der Waals surface area contributed by atoms with Crippen LogP contribution in [0.3, 0.4) is 0 Å². The Morgan fingerprint density at radius 3 is 2.92 bits per heavy atom. The minimum absolute atomic E-state index is 0.117. The fourth-order valence-corrected chi connectivity index (χ4v) is 2.98. The molecule has 2 aliphatic rings. The Morgan fingerprint density at radius 2 is 2.25 bits per heavy atom. The number of ether oxygens (including phenoxy) is 1. The van der Waals surface area contributed by atoms with Gasteiger partial charge in [-0.2, -0.15) is 0 Å². The van der Waals surface area contributed by atoms with Crippen LogP contribution in [-0.2, 0) is 14.3 Å². The van der Waals surface area contributed by atoms with E-state index in [4.69, 9.17) is 0 Å². The number of hydrogen-bond donors (Lipinski definition) is 0. The van der Waals surface area contributed by atoms with Crippen molar-refractivity contribution in [2.75, 3.05) is 20.2 Å². The van der Waals surface area contributed by atoms with Gasteiger partial charge in [0.1, 0.15) is 5.57 Å². The Balaban J connectivity index is 2.01. The Kier molecular flexibility index (Phi) is 6.43. The molecule has 0 saturated heterocycles. The summed E-state index contributed by atoms with van der Waals surface area (Å²) in [4.78, 5) is 25.5. The molecule has 1 amide bonds. The first kappa shape index (κ1) is 18.1. The Morgan fingerprint density at radius 1 is 1.46 bits per heavy atom. The van der Waals surface area contributed by atoms with Crippen molar-refractivity contribution in [3.8, 4) is 11.8 Å². The molecule has 2 rings (SSSR count). The summed E-state index contributed by atoms with van der Waals surface area (Å²) in [6, 6.07) is 0. The van der Waals surface area contributed by atoms with Gasteiger partial charge in [-0.3, -0.25) is 4.79 Å². The zero-order chi connectivity index (χ0) is 17.5. The van der Waals surface area contributed by atoms with Gasteiger partial charge in [-0.1, -0.05) is 56.8 Å². The van der Waals surface area contributed by atoms with Crippen molar-refractivity contribution in [1.82, 2.24) is 4.90 Å². The van der Waals surface area contributed by atoms with Gasteiger partial charge in [0.05, 0.1) is 13.7 Å². The van der Waals surface area contributed by atoms with Crippen LogP contribution in [-0.4, -0.2) is 37.0 Å². The molecule has 1 heterocycles. The zero-order valence-electron chi connectivity index (χ0n) is 14.7. The van der Waals surface area contributed by atoms with Crippen molar-refractivity contribution < 1.29 is 14.3 Å². The van der Waals surface area contributed by atoms with Crippen molar-refractivity contribution in [3.63, 3.8) is 0 Å². The lowest BCUT2D eigenvalue weighted by Crippen LogP contribution is -2.32. The molecule has 4 nitrogen and oxygen atoms in total. The van der Waals surface area contributed by atoms with Crippen molar-refractivity contribution in [2.24, 2.45) is 11.8 Å².